The number of hydrogen-bond acceptors (Lipinski definition) is 3. The number of pyridine rings is 1. The number of thioether (sulfide) groups is 1. The smallest absolute Gasteiger partial charge is 0.230 e. The minimum atomic E-state index is 0.0401. The molecule has 1 heterocycles. The Kier molecular flexibility index (Phi) is 5.80. The number of rotatable bonds is 7. The second-order valence-electron chi connectivity index (χ2n) is 6.17. The quantitative estimate of drug-likeness (QED) is 0.787. The predicted molar refractivity (Wildman–Crippen MR) is 100 cm³/mol. The third-order valence-corrected chi connectivity index (χ3v) is 5.44. The molecule has 3 rings (SSSR count). The van der Waals surface area contributed by atoms with E-state index < -0.39 is 0 Å². The Balaban J connectivity index is 1.54. The fourth-order valence-corrected chi connectivity index (χ4v) is 3.81. The molecule has 0 saturated heterocycles. The average Bonchev–Trinajstić information content (AvgIpc) is 3.39. The number of benzene rings is 1. The third kappa shape index (κ3) is 4.74. The summed E-state index contributed by atoms with van der Waals surface area (Å²) >= 11 is 7.73. The molecule has 1 saturated carbocycles. The monoisotopic (exact) mass is 360 g/mol. The van der Waals surface area contributed by atoms with Gasteiger partial charge in [0.1, 0.15) is 0 Å². The highest BCUT2D eigenvalue weighted by Crippen LogP contribution is 2.40. The molecule has 3 nitrogen and oxygen atoms in total. The Morgan fingerprint density at radius 3 is 2.79 bits per heavy atom. The Hall–Kier alpha value is -1.52. The van der Waals surface area contributed by atoms with Crippen LogP contribution >= 0.6 is 23.4 Å². The Morgan fingerprint density at radius 1 is 1.29 bits per heavy atom. The number of halogens is 1. The summed E-state index contributed by atoms with van der Waals surface area (Å²) in [7, 11) is 0. The number of carbonyl (C=O) groups excluding carboxylic acids is 1. The lowest BCUT2D eigenvalue weighted by atomic mass is 10.1. The summed E-state index contributed by atoms with van der Waals surface area (Å²) < 4.78 is 0. The van der Waals surface area contributed by atoms with Gasteiger partial charge in [-0.05, 0) is 49.4 Å². The minimum absolute atomic E-state index is 0.0401. The maximum absolute atomic E-state index is 12.3. The molecule has 1 aliphatic rings. The highest BCUT2D eigenvalue weighted by Gasteiger charge is 2.34. The zero-order valence-corrected chi connectivity index (χ0v) is 15.2. The summed E-state index contributed by atoms with van der Waals surface area (Å²) in [4.78, 5) is 16.9. The molecule has 0 spiro atoms. The SMILES string of the molecule is Cc1cccc([C@@H](NC(=O)CSCc2ccccc2Cl)C2CC2)n1. The molecule has 0 unspecified atom stereocenters. The largest absolute Gasteiger partial charge is 0.347 e. The van der Waals surface area contributed by atoms with Crippen molar-refractivity contribution in [3.63, 3.8) is 0 Å². The maximum Gasteiger partial charge on any atom is 0.230 e. The van der Waals surface area contributed by atoms with Gasteiger partial charge in [0.25, 0.3) is 0 Å². The van der Waals surface area contributed by atoms with Crippen LogP contribution in [0.5, 0.6) is 0 Å². The predicted octanol–water partition coefficient (Wildman–Crippen LogP) is 4.54. The standard InChI is InChI=1S/C19H21ClN2OS/c1-13-5-4-8-17(21-13)19(14-9-10-14)22-18(23)12-24-11-15-6-2-3-7-16(15)20/h2-8,14,19H,9-12H2,1H3,(H,22,23)/t19-/m0/s1. The highest BCUT2D eigenvalue weighted by atomic mass is 35.5. The molecule has 1 N–H and O–H groups in total. The number of hydrogen-bond donors (Lipinski definition) is 1. The molecule has 0 aliphatic heterocycles. The van der Waals surface area contributed by atoms with Crippen LogP contribution in [-0.4, -0.2) is 16.6 Å². The molecular weight excluding hydrogens is 340 g/mol. The van der Waals surface area contributed by atoms with Crippen LogP contribution in [0.4, 0.5) is 0 Å². The Morgan fingerprint density at radius 2 is 2.08 bits per heavy atom. The van der Waals surface area contributed by atoms with Crippen LogP contribution < -0.4 is 5.32 Å². The van der Waals surface area contributed by atoms with Gasteiger partial charge in [0, 0.05) is 16.5 Å². The number of nitrogens with one attached hydrogen (secondary N) is 1. The second kappa shape index (κ2) is 8.04. The van der Waals surface area contributed by atoms with Gasteiger partial charge in [0.2, 0.25) is 5.91 Å². The molecule has 0 bridgehead atoms. The molecule has 1 amide bonds. The molecule has 2 aromatic rings. The lowest BCUT2D eigenvalue weighted by Crippen LogP contribution is -2.31. The van der Waals surface area contributed by atoms with E-state index >= 15 is 0 Å². The molecule has 1 aromatic carbocycles. The third-order valence-electron chi connectivity index (χ3n) is 4.09. The van der Waals surface area contributed by atoms with Crippen LogP contribution in [0.2, 0.25) is 5.02 Å². The molecule has 126 valence electrons. The van der Waals surface area contributed by atoms with Crippen LogP contribution in [0.15, 0.2) is 42.5 Å². The maximum atomic E-state index is 12.3. The van der Waals surface area contributed by atoms with E-state index in [1.54, 1.807) is 11.8 Å². The first-order chi connectivity index (χ1) is 11.6. The number of aryl methyl sites for hydroxylation is 1. The van der Waals surface area contributed by atoms with Gasteiger partial charge < -0.3 is 5.32 Å². The van der Waals surface area contributed by atoms with Crippen molar-refractivity contribution >= 4 is 29.3 Å². The summed E-state index contributed by atoms with van der Waals surface area (Å²) in [5.74, 6) is 1.76. The number of nitrogens with zero attached hydrogens (tertiary/aromatic N) is 1. The van der Waals surface area contributed by atoms with Gasteiger partial charge >= 0.3 is 0 Å². The lowest BCUT2D eigenvalue weighted by molar-refractivity contribution is -0.119. The van der Waals surface area contributed by atoms with Gasteiger partial charge in [-0.3, -0.25) is 9.78 Å². The molecule has 1 atom stereocenters. The van der Waals surface area contributed by atoms with Crippen molar-refractivity contribution in [2.45, 2.75) is 31.6 Å². The number of aromatic nitrogens is 1. The van der Waals surface area contributed by atoms with E-state index in [-0.39, 0.29) is 11.9 Å². The van der Waals surface area contributed by atoms with Crippen molar-refractivity contribution in [1.29, 1.82) is 0 Å². The van der Waals surface area contributed by atoms with Gasteiger partial charge in [-0.15, -0.1) is 11.8 Å². The fraction of sp³-hybridized carbons (Fsp3) is 0.368. The van der Waals surface area contributed by atoms with Crippen LogP contribution in [0.3, 0.4) is 0 Å². The summed E-state index contributed by atoms with van der Waals surface area (Å²) in [6.07, 6.45) is 2.32. The molecule has 0 radical (unpaired) electrons. The van der Waals surface area contributed by atoms with E-state index in [4.69, 9.17) is 11.6 Å². The van der Waals surface area contributed by atoms with Gasteiger partial charge in [-0.2, -0.15) is 0 Å². The van der Waals surface area contributed by atoms with Crippen molar-refractivity contribution < 1.29 is 4.79 Å². The van der Waals surface area contributed by atoms with E-state index in [9.17, 15) is 4.79 Å². The lowest BCUT2D eigenvalue weighted by Gasteiger charge is -2.18. The van der Waals surface area contributed by atoms with Gasteiger partial charge in [-0.25, -0.2) is 0 Å². The van der Waals surface area contributed by atoms with Crippen molar-refractivity contribution in [3.05, 3.63) is 64.4 Å². The summed E-state index contributed by atoms with van der Waals surface area (Å²) in [6.45, 7) is 1.98. The second-order valence-corrected chi connectivity index (χ2v) is 7.56. The van der Waals surface area contributed by atoms with Crippen molar-refractivity contribution in [3.8, 4) is 0 Å². The van der Waals surface area contributed by atoms with E-state index in [2.05, 4.69) is 10.3 Å². The van der Waals surface area contributed by atoms with E-state index in [0.29, 0.717) is 11.7 Å². The molecule has 1 aliphatic carbocycles. The fourth-order valence-electron chi connectivity index (χ4n) is 2.68. The van der Waals surface area contributed by atoms with E-state index in [0.717, 1.165) is 40.6 Å². The summed E-state index contributed by atoms with van der Waals surface area (Å²) in [5.41, 5.74) is 3.03. The topological polar surface area (TPSA) is 42.0 Å². The Labute approximate surface area is 152 Å². The first kappa shape index (κ1) is 17.3. The zero-order chi connectivity index (χ0) is 16.9. The molecule has 1 fully saturated rings. The average molecular weight is 361 g/mol. The van der Waals surface area contributed by atoms with Gasteiger partial charge in [-0.1, -0.05) is 35.9 Å². The first-order valence-electron chi connectivity index (χ1n) is 8.17. The summed E-state index contributed by atoms with van der Waals surface area (Å²) in [6, 6.07) is 13.8. The van der Waals surface area contributed by atoms with E-state index in [1.165, 1.54) is 0 Å². The zero-order valence-electron chi connectivity index (χ0n) is 13.7. The number of carbonyl (C=O) groups is 1. The Bertz CT molecular complexity index is 718. The van der Waals surface area contributed by atoms with Crippen LogP contribution in [0.25, 0.3) is 0 Å². The summed E-state index contributed by atoms with van der Waals surface area (Å²) in [5, 5.41) is 3.92. The van der Waals surface area contributed by atoms with Gasteiger partial charge in [0.15, 0.2) is 0 Å². The highest BCUT2D eigenvalue weighted by molar-refractivity contribution is 7.99. The minimum Gasteiger partial charge on any atom is -0.347 e. The van der Waals surface area contributed by atoms with Crippen molar-refractivity contribution in [1.82, 2.24) is 10.3 Å². The van der Waals surface area contributed by atoms with Crippen LogP contribution in [-0.2, 0) is 10.5 Å². The van der Waals surface area contributed by atoms with Gasteiger partial charge in [0.05, 0.1) is 17.5 Å². The van der Waals surface area contributed by atoms with E-state index in [1.807, 2.05) is 49.4 Å². The van der Waals surface area contributed by atoms with Crippen LogP contribution in [0, 0.1) is 12.8 Å². The normalized spacial score (nSPS) is 15.1. The van der Waals surface area contributed by atoms with Crippen molar-refractivity contribution in [2.24, 2.45) is 5.92 Å². The molecule has 1 aromatic heterocycles. The molecular formula is C19H21ClN2OS. The van der Waals surface area contributed by atoms with Crippen molar-refractivity contribution in [2.75, 3.05) is 5.75 Å². The number of amides is 1. The first-order valence-corrected chi connectivity index (χ1v) is 9.71. The molecule has 24 heavy (non-hydrogen) atoms. The molecule has 5 heteroatoms. The van der Waals surface area contributed by atoms with Crippen LogP contribution in [0.1, 0.15) is 35.8 Å².